The lowest BCUT2D eigenvalue weighted by molar-refractivity contribution is -0.385. The highest BCUT2D eigenvalue weighted by Crippen LogP contribution is 2.38. The number of hydrogen-bond donors (Lipinski definition) is 1. The van der Waals surface area contributed by atoms with Crippen molar-refractivity contribution in [2.24, 2.45) is 0 Å². The summed E-state index contributed by atoms with van der Waals surface area (Å²) in [6, 6.07) is 3.58. The fraction of sp³-hybridized carbons (Fsp3) is 0.458. The number of ether oxygens (including phenoxy) is 4. The minimum Gasteiger partial charge on any atom is -0.499 e. The third kappa shape index (κ3) is 9.41. The number of amides is 1. The summed E-state index contributed by atoms with van der Waals surface area (Å²) in [6.45, 7) is 7.21. The number of hydrogen-bond acceptors (Lipinski definition) is 12. The van der Waals surface area contributed by atoms with E-state index in [9.17, 15) is 39.7 Å². The molecule has 0 heterocycles. The first-order valence-corrected chi connectivity index (χ1v) is 11.6. The molecule has 38 heavy (non-hydrogen) atoms. The van der Waals surface area contributed by atoms with E-state index < -0.39 is 65.1 Å². The fourth-order valence-corrected chi connectivity index (χ4v) is 3.12. The number of nitrogens with zero attached hydrogens (tertiary/aromatic N) is 3. The zero-order valence-corrected chi connectivity index (χ0v) is 21.4. The second-order valence-electron chi connectivity index (χ2n) is 7.40. The van der Waals surface area contributed by atoms with Gasteiger partial charge in [-0.25, -0.2) is 4.79 Å². The molecule has 0 unspecified atom stereocenters. The van der Waals surface area contributed by atoms with Crippen LogP contribution in [0.4, 0.5) is 10.5 Å². The molecule has 0 aliphatic heterocycles. The summed E-state index contributed by atoms with van der Waals surface area (Å²) >= 11 is 0. The van der Waals surface area contributed by atoms with Gasteiger partial charge in [0.1, 0.15) is 17.7 Å². The minimum absolute atomic E-state index is 0.0364. The van der Waals surface area contributed by atoms with Gasteiger partial charge in [-0.05, 0) is 45.4 Å². The Kier molecular flexibility index (Phi) is 12.7. The van der Waals surface area contributed by atoms with Crippen molar-refractivity contribution in [1.29, 1.82) is 5.26 Å². The molecule has 0 aliphatic rings. The molecule has 1 aromatic rings. The first-order chi connectivity index (χ1) is 18.0. The van der Waals surface area contributed by atoms with Gasteiger partial charge in [-0.1, -0.05) is 0 Å². The molecule has 0 aromatic heterocycles. The maximum absolute atomic E-state index is 12.6. The molecule has 0 saturated carbocycles. The van der Waals surface area contributed by atoms with E-state index in [1.165, 1.54) is 4.90 Å². The lowest BCUT2D eigenvalue weighted by atomic mass is 10.1. The van der Waals surface area contributed by atoms with Crippen molar-refractivity contribution < 1.29 is 48.2 Å². The predicted octanol–water partition coefficient (Wildman–Crippen LogP) is 2.87. The van der Waals surface area contributed by atoms with E-state index in [0.29, 0.717) is 13.1 Å². The molecule has 206 valence electrons. The third-order valence-electron chi connectivity index (χ3n) is 4.84. The zero-order valence-electron chi connectivity index (χ0n) is 21.4. The zero-order chi connectivity index (χ0) is 28.8. The molecule has 1 amide bonds. The summed E-state index contributed by atoms with van der Waals surface area (Å²) in [5, 5.41) is 31.2. The van der Waals surface area contributed by atoms with E-state index in [1.54, 1.807) is 33.8 Å². The Balaban J connectivity index is 3.32. The molecule has 0 spiro atoms. The van der Waals surface area contributed by atoms with Gasteiger partial charge in [0.25, 0.3) is 5.91 Å². The smallest absolute Gasteiger partial charge is 0.499 e. The van der Waals surface area contributed by atoms with E-state index in [-0.39, 0.29) is 24.4 Å². The summed E-state index contributed by atoms with van der Waals surface area (Å²) in [4.78, 5) is 60.5. The molecular weight excluding hydrogens is 506 g/mol. The number of benzene rings is 1. The number of carbonyl (C=O) groups is 4. The maximum atomic E-state index is 12.6. The average molecular weight is 536 g/mol. The quantitative estimate of drug-likeness (QED) is 0.0738. The van der Waals surface area contributed by atoms with Crippen LogP contribution in [0.2, 0.25) is 0 Å². The van der Waals surface area contributed by atoms with Crippen LogP contribution in [0.1, 0.15) is 46.1 Å². The molecule has 0 fully saturated rings. The van der Waals surface area contributed by atoms with Crippen molar-refractivity contribution in [3.63, 3.8) is 0 Å². The van der Waals surface area contributed by atoms with Crippen LogP contribution in [0, 0.1) is 21.4 Å². The van der Waals surface area contributed by atoms with Gasteiger partial charge in [-0.2, -0.15) is 5.26 Å². The highest BCUT2D eigenvalue weighted by atomic mass is 16.7. The van der Waals surface area contributed by atoms with Crippen LogP contribution in [0.3, 0.4) is 0 Å². The molecule has 0 radical (unpaired) electrons. The van der Waals surface area contributed by atoms with Crippen molar-refractivity contribution in [2.75, 3.05) is 26.3 Å². The molecule has 0 bridgehead atoms. The maximum Gasteiger partial charge on any atom is 0.514 e. The van der Waals surface area contributed by atoms with Crippen molar-refractivity contribution in [3.05, 3.63) is 33.4 Å². The number of nitriles is 1. The van der Waals surface area contributed by atoms with Crippen LogP contribution in [0.15, 0.2) is 17.7 Å². The van der Waals surface area contributed by atoms with Crippen LogP contribution < -0.4 is 4.74 Å². The van der Waals surface area contributed by atoms with Crippen LogP contribution in [-0.2, 0) is 28.6 Å². The summed E-state index contributed by atoms with van der Waals surface area (Å²) < 4.78 is 19.5. The third-order valence-corrected chi connectivity index (χ3v) is 4.84. The Bertz CT molecular complexity index is 1100. The minimum atomic E-state index is -1.51. The Morgan fingerprint density at radius 3 is 2.08 bits per heavy atom. The molecule has 14 nitrogen and oxygen atoms in total. The largest absolute Gasteiger partial charge is 0.514 e. The van der Waals surface area contributed by atoms with Gasteiger partial charge in [-0.15, -0.1) is 0 Å². The fourth-order valence-electron chi connectivity index (χ4n) is 3.12. The normalized spacial score (nSPS) is 10.8. The van der Waals surface area contributed by atoms with Crippen molar-refractivity contribution in [2.45, 2.75) is 46.6 Å². The summed E-state index contributed by atoms with van der Waals surface area (Å²) in [5.74, 6) is -3.95. The van der Waals surface area contributed by atoms with Gasteiger partial charge >= 0.3 is 23.8 Å². The van der Waals surface area contributed by atoms with E-state index in [1.807, 2.05) is 0 Å². The first kappa shape index (κ1) is 31.4. The molecule has 1 N–H and O–H groups in total. The van der Waals surface area contributed by atoms with E-state index in [4.69, 9.17) is 18.9 Å². The molecule has 0 atom stereocenters. The van der Waals surface area contributed by atoms with Crippen molar-refractivity contribution in [1.82, 2.24) is 4.90 Å². The number of nitro benzene ring substituents is 1. The number of rotatable bonds is 13. The number of phenolic OH excluding ortho intramolecular Hbond substituents is 1. The van der Waals surface area contributed by atoms with Crippen LogP contribution >= 0.6 is 0 Å². The van der Waals surface area contributed by atoms with Crippen molar-refractivity contribution in [3.8, 4) is 17.6 Å². The Labute approximate surface area is 218 Å². The van der Waals surface area contributed by atoms with Gasteiger partial charge in [0, 0.05) is 19.2 Å². The molecule has 0 saturated heterocycles. The van der Waals surface area contributed by atoms with Crippen LogP contribution in [0.5, 0.6) is 11.5 Å². The van der Waals surface area contributed by atoms with E-state index in [2.05, 4.69) is 0 Å². The highest BCUT2D eigenvalue weighted by Gasteiger charge is 2.27. The first-order valence-electron chi connectivity index (χ1n) is 11.6. The molecule has 1 aromatic carbocycles. The molecule has 14 heteroatoms. The van der Waals surface area contributed by atoms with Crippen molar-refractivity contribution >= 4 is 35.8 Å². The summed E-state index contributed by atoms with van der Waals surface area (Å²) in [5.41, 5.74) is -1.35. The van der Waals surface area contributed by atoms with Crippen LogP contribution in [0.25, 0.3) is 6.08 Å². The number of aromatic hydroxyl groups is 1. The van der Waals surface area contributed by atoms with Gasteiger partial charge in [0.05, 0.1) is 31.0 Å². The molecule has 0 aliphatic carbocycles. The average Bonchev–Trinajstić information content (AvgIpc) is 2.84. The number of carbonyl (C=O) groups excluding carboxylic acids is 4. The van der Waals surface area contributed by atoms with E-state index in [0.717, 1.165) is 18.2 Å². The number of phenols is 1. The number of nitro groups is 1. The molecular formula is C24H29N3O11. The predicted molar refractivity (Wildman–Crippen MR) is 130 cm³/mol. The topological polar surface area (TPSA) is 196 Å². The standard InChI is InChI=1S/C24H29N3O11/c1-5-26(6-2)23(31)16(14-25)9-15-10-18(27(33)34)22(30)19(11-15)38-24(32)37-17(12-20(28)35-7-3)13-21(29)36-8-4/h9-11,17,30H,5-8,12-13H2,1-4H3/b16-9+. The summed E-state index contributed by atoms with van der Waals surface area (Å²) in [7, 11) is 0. The Hall–Kier alpha value is -4.67. The number of esters is 2. The SMILES string of the molecule is CCOC(=O)CC(CC(=O)OCC)OC(=O)Oc1cc(/C=C(\C#N)C(=O)N(CC)CC)cc([N+](=O)[O-])c1O. The summed E-state index contributed by atoms with van der Waals surface area (Å²) in [6.07, 6.45) is -2.87. The lowest BCUT2D eigenvalue weighted by Gasteiger charge is -2.18. The Morgan fingerprint density at radius 2 is 1.63 bits per heavy atom. The van der Waals surface area contributed by atoms with Gasteiger partial charge in [-0.3, -0.25) is 24.5 Å². The Morgan fingerprint density at radius 1 is 1.08 bits per heavy atom. The van der Waals surface area contributed by atoms with Gasteiger partial charge in [0.15, 0.2) is 5.75 Å². The second-order valence-corrected chi connectivity index (χ2v) is 7.40. The lowest BCUT2D eigenvalue weighted by Crippen LogP contribution is -2.31. The van der Waals surface area contributed by atoms with Crippen LogP contribution in [-0.4, -0.2) is 71.3 Å². The van der Waals surface area contributed by atoms with Gasteiger partial charge < -0.3 is 29.0 Å². The monoisotopic (exact) mass is 535 g/mol. The highest BCUT2D eigenvalue weighted by molar-refractivity contribution is 6.01. The molecule has 1 rings (SSSR count). The second kappa shape index (κ2) is 15.4. The van der Waals surface area contributed by atoms with Gasteiger partial charge in [0.2, 0.25) is 5.75 Å². The van der Waals surface area contributed by atoms with E-state index >= 15 is 0 Å². The number of likely N-dealkylation sites (N-methyl/N-ethyl adjacent to an activating group) is 1.